The van der Waals surface area contributed by atoms with Crippen LogP contribution in [-0.2, 0) is 0 Å². The molecule has 8 heavy (non-hydrogen) atoms. The fraction of sp³-hybridized carbons (Fsp3) is 0.600. The summed E-state index contributed by atoms with van der Waals surface area (Å²) in [5.74, 6) is 0. The zero-order valence-electron chi connectivity index (χ0n) is 5.24. The number of nitrogens with one attached hydrogen (secondary N) is 2. The van der Waals surface area contributed by atoms with Crippen molar-refractivity contribution in [3.05, 3.63) is 12.8 Å². The summed E-state index contributed by atoms with van der Waals surface area (Å²) in [7, 11) is 1.97. The summed E-state index contributed by atoms with van der Waals surface area (Å²) >= 11 is 0.0828. The average Bonchev–Trinajstić information content (AvgIpc) is 1.83. The molecule has 0 fully saturated rings. The number of hydrogen-bond acceptors (Lipinski definition) is 2. The van der Waals surface area contributed by atoms with Gasteiger partial charge in [0.25, 0.3) is 0 Å². The Morgan fingerprint density at radius 3 is 2.75 bits per heavy atom. The average molecular weight is 227 g/mol. The maximum absolute atomic E-state index is 3.56. The molecule has 0 heterocycles. The molecule has 0 saturated heterocycles. The van der Waals surface area contributed by atoms with Gasteiger partial charge in [0.05, 0.1) is 0 Å². The molecule has 50 valence electrons. The maximum atomic E-state index is 3.56. The van der Waals surface area contributed by atoms with Crippen LogP contribution in [0.15, 0.2) is 12.8 Å². The van der Waals surface area contributed by atoms with Gasteiger partial charge in [-0.3, -0.25) is 0 Å². The van der Waals surface area contributed by atoms with Crippen LogP contribution in [0.2, 0.25) is 0 Å². The van der Waals surface area contributed by atoms with Gasteiger partial charge < -0.3 is 0 Å². The fourth-order valence-corrected chi connectivity index (χ4v) is 1.30. The topological polar surface area (TPSA) is 24.1 Å². The molecule has 0 spiro atoms. The normalized spacial score (nSPS) is 13.2. The molecule has 2 N–H and O–H groups in total. The van der Waals surface area contributed by atoms with Crippen LogP contribution in [0.3, 0.4) is 0 Å². The summed E-state index contributed by atoms with van der Waals surface area (Å²) in [4.78, 5) is 0. The van der Waals surface area contributed by atoms with Gasteiger partial charge in [-0.15, -0.1) is 0 Å². The van der Waals surface area contributed by atoms with Crippen molar-refractivity contribution in [3.63, 3.8) is 0 Å². The number of rotatable bonds is 4. The Labute approximate surface area is 61.4 Å². The SMILES string of the molecule is C=CN[I-]C(C)NC. The van der Waals surface area contributed by atoms with Crippen LogP contribution in [0.5, 0.6) is 0 Å². The van der Waals surface area contributed by atoms with Crippen molar-refractivity contribution in [2.45, 2.75) is 11.0 Å². The molecule has 0 aliphatic rings. The van der Waals surface area contributed by atoms with E-state index in [0.717, 1.165) is 0 Å². The van der Waals surface area contributed by atoms with Crippen molar-refractivity contribution in [1.29, 1.82) is 0 Å². The monoisotopic (exact) mass is 227 g/mol. The van der Waals surface area contributed by atoms with Crippen LogP contribution >= 0.6 is 0 Å². The zero-order valence-corrected chi connectivity index (χ0v) is 7.40. The van der Waals surface area contributed by atoms with Gasteiger partial charge in [0.1, 0.15) is 0 Å². The molecule has 0 aromatic heterocycles. The van der Waals surface area contributed by atoms with Crippen LogP contribution in [0.1, 0.15) is 6.92 Å². The summed E-state index contributed by atoms with van der Waals surface area (Å²) in [5.41, 5.74) is 0. The summed E-state index contributed by atoms with van der Waals surface area (Å²) in [6, 6.07) is 0. The molecule has 0 bridgehead atoms. The Bertz CT molecular complexity index is 65.4. The van der Waals surface area contributed by atoms with E-state index in [1.54, 1.807) is 6.20 Å². The van der Waals surface area contributed by atoms with Gasteiger partial charge in [-0.1, -0.05) is 0 Å². The third kappa shape index (κ3) is 4.39. The minimum atomic E-state index is 0.0828. The molecule has 2 nitrogen and oxygen atoms in total. The van der Waals surface area contributed by atoms with Gasteiger partial charge in [0.15, 0.2) is 0 Å². The first-order valence-electron chi connectivity index (χ1n) is 2.47. The van der Waals surface area contributed by atoms with Gasteiger partial charge in [-0.05, 0) is 0 Å². The Hall–Kier alpha value is 0.230. The quantitative estimate of drug-likeness (QED) is 0.236. The second-order valence-corrected chi connectivity index (χ2v) is 4.44. The molecule has 3 heteroatoms. The van der Waals surface area contributed by atoms with Gasteiger partial charge >= 0.3 is 61.1 Å². The number of alkyl halides is 1. The second kappa shape index (κ2) is 5.37. The van der Waals surface area contributed by atoms with E-state index < -0.39 is 0 Å². The predicted molar refractivity (Wildman–Crippen MR) is 31.9 cm³/mol. The van der Waals surface area contributed by atoms with Crippen LogP contribution in [0, 0.1) is 0 Å². The molecule has 0 amide bonds. The van der Waals surface area contributed by atoms with Crippen molar-refractivity contribution in [1.82, 2.24) is 8.85 Å². The van der Waals surface area contributed by atoms with E-state index in [-0.39, 0.29) is 21.5 Å². The molecule has 0 aromatic carbocycles. The molecule has 1 atom stereocenters. The van der Waals surface area contributed by atoms with Crippen molar-refractivity contribution >= 4 is 0 Å². The summed E-state index contributed by atoms with van der Waals surface area (Å²) in [6.07, 6.45) is 1.75. The third-order valence-corrected chi connectivity index (χ3v) is 3.06. The predicted octanol–water partition coefficient (Wildman–Crippen LogP) is -2.71. The third-order valence-electron chi connectivity index (χ3n) is 0.702. The molecule has 0 aliphatic carbocycles. The van der Waals surface area contributed by atoms with Gasteiger partial charge in [-0.25, -0.2) is 0 Å². The standard InChI is InChI=1S/C5H12IN2/c1-4-8-6-5(2)7-3/h4-5,7-8H,1H2,2-3H3/q-1. The molecule has 1 unspecified atom stereocenters. The first-order valence-corrected chi connectivity index (χ1v) is 4.79. The Balaban J connectivity index is 2.97. The van der Waals surface area contributed by atoms with Gasteiger partial charge in [0, 0.05) is 0 Å². The van der Waals surface area contributed by atoms with Crippen molar-refractivity contribution in [3.8, 4) is 0 Å². The van der Waals surface area contributed by atoms with E-state index in [2.05, 4.69) is 22.3 Å². The zero-order chi connectivity index (χ0) is 6.41. The second-order valence-electron chi connectivity index (χ2n) is 1.33. The van der Waals surface area contributed by atoms with Crippen LogP contribution < -0.4 is 30.3 Å². The number of hydrogen-bond donors (Lipinski definition) is 2. The van der Waals surface area contributed by atoms with E-state index in [1.807, 2.05) is 7.05 Å². The fourth-order valence-electron chi connectivity index (χ4n) is 0.194. The molecule has 0 rings (SSSR count). The molecule has 0 aliphatic heterocycles. The van der Waals surface area contributed by atoms with E-state index in [4.69, 9.17) is 0 Å². The van der Waals surface area contributed by atoms with E-state index in [0.29, 0.717) is 4.05 Å². The van der Waals surface area contributed by atoms with Crippen molar-refractivity contribution < 1.29 is 21.5 Å². The Morgan fingerprint density at radius 1 is 1.75 bits per heavy atom. The molecular weight excluding hydrogens is 215 g/mol. The number of halogens is 1. The molecule has 0 saturated carbocycles. The molecule has 0 aromatic rings. The molecule has 0 radical (unpaired) electrons. The first kappa shape index (κ1) is 8.23. The van der Waals surface area contributed by atoms with E-state index >= 15 is 0 Å². The van der Waals surface area contributed by atoms with Crippen LogP contribution in [-0.4, -0.2) is 11.1 Å². The first-order chi connectivity index (χ1) is 3.81. The van der Waals surface area contributed by atoms with Crippen LogP contribution in [0.25, 0.3) is 0 Å². The Kier molecular flexibility index (Phi) is 5.52. The van der Waals surface area contributed by atoms with E-state index in [9.17, 15) is 0 Å². The summed E-state index contributed by atoms with van der Waals surface area (Å²) in [6.45, 7) is 5.71. The van der Waals surface area contributed by atoms with Gasteiger partial charge in [0.2, 0.25) is 0 Å². The van der Waals surface area contributed by atoms with Crippen LogP contribution in [0.4, 0.5) is 0 Å². The molecular formula is C5H12IN2-. The van der Waals surface area contributed by atoms with Crippen molar-refractivity contribution in [2.75, 3.05) is 7.05 Å². The summed E-state index contributed by atoms with van der Waals surface area (Å²) in [5, 5.41) is 3.14. The summed E-state index contributed by atoms with van der Waals surface area (Å²) < 4.78 is 3.74. The minimum absolute atomic E-state index is 0.0828. The Morgan fingerprint density at radius 2 is 2.38 bits per heavy atom. The van der Waals surface area contributed by atoms with Gasteiger partial charge in [-0.2, -0.15) is 0 Å². The van der Waals surface area contributed by atoms with E-state index in [1.165, 1.54) is 0 Å². The van der Waals surface area contributed by atoms with Crippen molar-refractivity contribution in [2.24, 2.45) is 0 Å².